The highest BCUT2D eigenvalue weighted by Crippen LogP contribution is 2.10. The van der Waals surface area contributed by atoms with Gasteiger partial charge in [-0.3, -0.25) is 4.79 Å². The van der Waals surface area contributed by atoms with E-state index in [1.165, 1.54) is 6.92 Å². The van der Waals surface area contributed by atoms with Crippen LogP contribution in [-0.4, -0.2) is 18.4 Å². The fourth-order valence-corrected chi connectivity index (χ4v) is 1.47. The molecule has 1 aromatic rings. The first-order chi connectivity index (χ1) is 8.49. The lowest BCUT2D eigenvalue weighted by molar-refractivity contribution is 0.101. The van der Waals surface area contributed by atoms with Gasteiger partial charge in [0.15, 0.2) is 5.78 Å². The molecule has 0 radical (unpaired) electrons. The number of hydrogen-bond acceptors (Lipinski definition) is 2. The van der Waals surface area contributed by atoms with Gasteiger partial charge >= 0.3 is 6.03 Å². The van der Waals surface area contributed by atoms with Gasteiger partial charge in [-0.05, 0) is 31.4 Å². The van der Waals surface area contributed by atoms with Crippen molar-refractivity contribution in [1.82, 2.24) is 5.32 Å². The summed E-state index contributed by atoms with van der Waals surface area (Å²) >= 11 is 0. The number of hydrogen-bond donors (Lipinski definition) is 2. The summed E-state index contributed by atoms with van der Waals surface area (Å²) in [5.74, 6) is 0.546. The van der Waals surface area contributed by atoms with Crippen LogP contribution in [0.5, 0.6) is 0 Å². The number of urea groups is 1. The van der Waals surface area contributed by atoms with Crippen LogP contribution in [0.1, 0.15) is 37.6 Å². The topological polar surface area (TPSA) is 58.2 Å². The molecule has 0 aromatic heterocycles. The van der Waals surface area contributed by atoms with Crippen molar-refractivity contribution in [2.75, 3.05) is 11.9 Å². The fourth-order valence-electron chi connectivity index (χ4n) is 1.47. The highest BCUT2D eigenvalue weighted by atomic mass is 16.2. The number of Topliss-reactive ketones (excluding diaryl/α,β-unsaturated/α-hetero) is 1. The van der Waals surface area contributed by atoms with E-state index in [-0.39, 0.29) is 11.8 Å². The Kier molecular flexibility index (Phi) is 5.36. The number of anilines is 1. The molecular formula is C14H20N2O2. The molecular weight excluding hydrogens is 228 g/mol. The Bertz CT molecular complexity index is 428. The van der Waals surface area contributed by atoms with Crippen molar-refractivity contribution >= 4 is 17.5 Å². The molecule has 0 aliphatic carbocycles. The molecule has 18 heavy (non-hydrogen) atoms. The zero-order valence-corrected chi connectivity index (χ0v) is 11.1. The second-order valence-electron chi connectivity index (χ2n) is 4.70. The van der Waals surface area contributed by atoms with Crippen LogP contribution >= 0.6 is 0 Å². The summed E-state index contributed by atoms with van der Waals surface area (Å²) < 4.78 is 0. The van der Waals surface area contributed by atoms with Gasteiger partial charge in [0.1, 0.15) is 0 Å². The third kappa shape index (κ3) is 4.99. The van der Waals surface area contributed by atoms with Gasteiger partial charge < -0.3 is 10.6 Å². The van der Waals surface area contributed by atoms with Crippen LogP contribution < -0.4 is 10.6 Å². The van der Waals surface area contributed by atoms with Crippen LogP contribution in [0.15, 0.2) is 24.3 Å². The smallest absolute Gasteiger partial charge is 0.319 e. The van der Waals surface area contributed by atoms with E-state index >= 15 is 0 Å². The first-order valence-corrected chi connectivity index (χ1v) is 6.15. The molecule has 0 aliphatic heterocycles. The Morgan fingerprint density at radius 3 is 2.61 bits per heavy atom. The summed E-state index contributed by atoms with van der Waals surface area (Å²) in [6, 6.07) is 6.67. The molecule has 0 saturated carbocycles. The summed E-state index contributed by atoms with van der Waals surface area (Å²) in [4.78, 5) is 22.8. The number of carbonyl (C=O) groups is 2. The van der Waals surface area contributed by atoms with Crippen LogP contribution in [0.3, 0.4) is 0 Å². The van der Waals surface area contributed by atoms with E-state index in [9.17, 15) is 9.59 Å². The second kappa shape index (κ2) is 6.79. The molecule has 4 nitrogen and oxygen atoms in total. The summed E-state index contributed by atoms with van der Waals surface area (Å²) in [5.41, 5.74) is 1.22. The minimum absolute atomic E-state index is 0.0149. The number of carbonyl (C=O) groups excluding carboxylic acids is 2. The van der Waals surface area contributed by atoms with E-state index < -0.39 is 0 Å². The lowest BCUT2D eigenvalue weighted by Gasteiger charge is -2.09. The Labute approximate surface area is 108 Å². The van der Waals surface area contributed by atoms with Crippen molar-refractivity contribution in [1.29, 1.82) is 0 Å². The van der Waals surface area contributed by atoms with Crippen molar-refractivity contribution in [2.24, 2.45) is 5.92 Å². The highest BCUT2D eigenvalue weighted by Gasteiger charge is 2.04. The Morgan fingerprint density at radius 2 is 2.00 bits per heavy atom. The summed E-state index contributed by atoms with van der Waals surface area (Å²) in [6.45, 7) is 6.36. The van der Waals surface area contributed by atoms with Gasteiger partial charge in [-0.2, -0.15) is 0 Å². The largest absolute Gasteiger partial charge is 0.338 e. The van der Waals surface area contributed by atoms with E-state index in [2.05, 4.69) is 24.5 Å². The van der Waals surface area contributed by atoms with Crippen LogP contribution in [0.4, 0.5) is 10.5 Å². The van der Waals surface area contributed by atoms with Crippen molar-refractivity contribution in [3.8, 4) is 0 Å². The quantitative estimate of drug-likeness (QED) is 0.787. The SMILES string of the molecule is CC(=O)c1cccc(NC(=O)NCCC(C)C)c1. The predicted octanol–water partition coefficient (Wildman–Crippen LogP) is 3.06. The normalized spacial score (nSPS) is 10.2. The van der Waals surface area contributed by atoms with Crippen LogP contribution in [0.2, 0.25) is 0 Å². The minimum Gasteiger partial charge on any atom is -0.338 e. The lowest BCUT2D eigenvalue weighted by atomic mass is 10.1. The second-order valence-corrected chi connectivity index (χ2v) is 4.70. The zero-order chi connectivity index (χ0) is 13.5. The summed E-state index contributed by atoms with van der Waals surface area (Å²) in [5, 5.41) is 5.48. The first kappa shape index (κ1) is 14.2. The molecule has 0 atom stereocenters. The molecule has 0 fully saturated rings. The van der Waals surface area contributed by atoms with E-state index in [0.717, 1.165) is 6.42 Å². The Morgan fingerprint density at radius 1 is 1.28 bits per heavy atom. The molecule has 0 unspecified atom stereocenters. The molecule has 2 N–H and O–H groups in total. The van der Waals surface area contributed by atoms with E-state index in [0.29, 0.717) is 23.7 Å². The number of benzene rings is 1. The van der Waals surface area contributed by atoms with Crippen LogP contribution in [0.25, 0.3) is 0 Å². The maximum Gasteiger partial charge on any atom is 0.319 e. The van der Waals surface area contributed by atoms with Gasteiger partial charge in [0.25, 0.3) is 0 Å². The fraction of sp³-hybridized carbons (Fsp3) is 0.429. The van der Waals surface area contributed by atoms with Crippen LogP contribution in [-0.2, 0) is 0 Å². The van der Waals surface area contributed by atoms with Crippen molar-refractivity contribution in [3.63, 3.8) is 0 Å². The van der Waals surface area contributed by atoms with Crippen molar-refractivity contribution in [2.45, 2.75) is 27.2 Å². The maximum absolute atomic E-state index is 11.6. The van der Waals surface area contributed by atoms with Gasteiger partial charge in [-0.15, -0.1) is 0 Å². The zero-order valence-electron chi connectivity index (χ0n) is 11.1. The molecule has 0 heterocycles. The summed E-state index contributed by atoms with van der Waals surface area (Å²) in [6.07, 6.45) is 0.945. The maximum atomic E-state index is 11.6. The van der Waals surface area contributed by atoms with Crippen LogP contribution in [0, 0.1) is 5.92 Å². The number of ketones is 1. The number of amides is 2. The van der Waals surface area contributed by atoms with Gasteiger partial charge in [-0.1, -0.05) is 26.0 Å². The van der Waals surface area contributed by atoms with E-state index in [1.807, 2.05) is 0 Å². The molecule has 4 heteroatoms. The molecule has 1 aromatic carbocycles. The Hall–Kier alpha value is -1.84. The van der Waals surface area contributed by atoms with E-state index in [1.54, 1.807) is 24.3 Å². The van der Waals surface area contributed by atoms with Gasteiger partial charge in [0, 0.05) is 17.8 Å². The molecule has 0 spiro atoms. The molecule has 0 saturated heterocycles. The van der Waals surface area contributed by atoms with Crippen molar-refractivity contribution < 1.29 is 9.59 Å². The molecule has 0 aliphatic rings. The molecule has 1 rings (SSSR count). The molecule has 0 bridgehead atoms. The van der Waals surface area contributed by atoms with Gasteiger partial charge in [0.05, 0.1) is 0 Å². The third-order valence-corrected chi connectivity index (χ3v) is 2.53. The number of nitrogens with one attached hydrogen (secondary N) is 2. The monoisotopic (exact) mass is 248 g/mol. The average Bonchev–Trinajstić information content (AvgIpc) is 2.28. The lowest BCUT2D eigenvalue weighted by Crippen LogP contribution is -2.30. The number of rotatable bonds is 5. The predicted molar refractivity (Wildman–Crippen MR) is 72.9 cm³/mol. The molecule has 98 valence electrons. The molecule has 2 amide bonds. The minimum atomic E-state index is -0.239. The highest BCUT2D eigenvalue weighted by molar-refractivity contribution is 5.96. The third-order valence-electron chi connectivity index (χ3n) is 2.53. The Balaban J connectivity index is 2.49. The van der Waals surface area contributed by atoms with Crippen molar-refractivity contribution in [3.05, 3.63) is 29.8 Å². The van der Waals surface area contributed by atoms with E-state index in [4.69, 9.17) is 0 Å². The first-order valence-electron chi connectivity index (χ1n) is 6.15. The average molecular weight is 248 g/mol. The standard InChI is InChI=1S/C14H20N2O2/c1-10(2)7-8-15-14(18)16-13-6-4-5-12(9-13)11(3)17/h4-6,9-10H,7-8H2,1-3H3,(H2,15,16,18). The van der Waals surface area contributed by atoms with Gasteiger partial charge in [-0.25, -0.2) is 4.79 Å². The van der Waals surface area contributed by atoms with Gasteiger partial charge in [0.2, 0.25) is 0 Å². The summed E-state index contributed by atoms with van der Waals surface area (Å²) in [7, 11) is 0.